The Morgan fingerprint density at radius 2 is 2.07 bits per heavy atom. The monoisotopic (exact) mass is 210 g/mol. The summed E-state index contributed by atoms with van der Waals surface area (Å²) in [7, 11) is 0. The summed E-state index contributed by atoms with van der Waals surface area (Å²) in [5.41, 5.74) is 0.459. The van der Waals surface area contributed by atoms with Crippen LogP contribution < -0.4 is 0 Å². The molecule has 2 atom stereocenters. The molecule has 2 unspecified atom stereocenters. The quantitative estimate of drug-likeness (QED) is 0.812. The van der Waals surface area contributed by atoms with Crippen LogP contribution in [0.25, 0.3) is 0 Å². The molecule has 1 nitrogen and oxygen atoms in total. The first-order valence-electron chi connectivity index (χ1n) is 5.15. The van der Waals surface area contributed by atoms with Crippen molar-refractivity contribution in [2.45, 2.75) is 31.8 Å². The van der Waals surface area contributed by atoms with E-state index in [1.807, 2.05) is 24.3 Å². The van der Waals surface area contributed by atoms with Gasteiger partial charge in [0.25, 0.3) is 0 Å². The molecule has 1 N–H and O–H groups in total. The summed E-state index contributed by atoms with van der Waals surface area (Å²) in [4.78, 5) is 0. The standard InChI is InChI=1S/C12H15ClO/c1-2-3-10-8-12(10,14)9-4-6-11(13)7-5-9/h4-7,10,14H,2-3,8H2,1H3. The molecule has 0 aromatic heterocycles. The van der Waals surface area contributed by atoms with Crippen LogP contribution in [0.5, 0.6) is 0 Å². The molecule has 0 heterocycles. The van der Waals surface area contributed by atoms with E-state index in [0.29, 0.717) is 5.92 Å². The molecule has 1 aliphatic carbocycles. The van der Waals surface area contributed by atoms with Crippen LogP contribution >= 0.6 is 11.6 Å². The molecule has 1 aliphatic rings. The summed E-state index contributed by atoms with van der Waals surface area (Å²) >= 11 is 5.80. The Labute approximate surface area is 89.7 Å². The third-order valence-corrected chi connectivity index (χ3v) is 3.31. The molecule has 2 heteroatoms. The van der Waals surface area contributed by atoms with Crippen molar-refractivity contribution in [2.24, 2.45) is 5.92 Å². The SMILES string of the molecule is CCCC1CC1(O)c1ccc(Cl)cc1. The maximum atomic E-state index is 10.2. The zero-order valence-corrected chi connectivity index (χ0v) is 9.09. The lowest BCUT2D eigenvalue weighted by Gasteiger charge is -2.10. The summed E-state index contributed by atoms with van der Waals surface area (Å²) in [6.07, 6.45) is 3.15. The number of benzene rings is 1. The topological polar surface area (TPSA) is 20.2 Å². The minimum absolute atomic E-state index is 0.452. The van der Waals surface area contributed by atoms with E-state index in [4.69, 9.17) is 11.6 Å². The van der Waals surface area contributed by atoms with E-state index in [2.05, 4.69) is 6.92 Å². The molecule has 0 saturated heterocycles. The molecule has 1 aromatic carbocycles. The van der Waals surface area contributed by atoms with Crippen LogP contribution in [0.2, 0.25) is 5.02 Å². The summed E-state index contributed by atoms with van der Waals surface area (Å²) < 4.78 is 0. The molecule has 0 radical (unpaired) electrons. The van der Waals surface area contributed by atoms with Crippen LogP contribution in [-0.4, -0.2) is 5.11 Å². The van der Waals surface area contributed by atoms with Crippen LogP contribution in [-0.2, 0) is 5.60 Å². The van der Waals surface area contributed by atoms with Crippen molar-refractivity contribution in [2.75, 3.05) is 0 Å². The zero-order valence-electron chi connectivity index (χ0n) is 8.33. The summed E-state index contributed by atoms with van der Waals surface area (Å²) in [6.45, 7) is 2.15. The minimum atomic E-state index is -0.555. The average molecular weight is 211 g/mol. The number of halogens is 1. The molecule has 76 valence electrons. The predicted octanol–water partition coefficient (Wildman–Crippen LogP) is 3.35. The lowest BCUT2D eigenvalue weighted by atomic mass is 10.0. The fourth-order valence-electron chi connectivity index (χ4n) is 2.10. The van der Waals surface area contributed by atoms with E-state index < -0.39 is 5.60 Å². The molecular formula is C12H15ClO. The Morgan fingerprint density at radius 3 is 2.64 bits per heavy atom. The Kier molecular flexibility index (Phi) is 2.54. The van der Waals surface area contributed by atoms with Gasteiger partial charge in [0.15, 0.2) is 0 Å². The van der Waals surface area contributed by atoms with Gasteiger partial charge < -0.3 is 5.11 Å². The molecule has 0 amide bonds. The maximum Gasteiger partial charge on any atom is 0.0929 e. The highest BCUT2D eigenvalue weighted by atomic mass is 35.5. The van der Waals surface area contributed by atoms with Gasteiger partial charge in [0.1, 0.15) is 0 Å². The van der Waals surface area contributed by atoms with Crippen molar-refractivity contribution in [3.63, 3.8) is 0 Å². The molecule has 0 spiro atoms. The first-order valence-corrected chi connectivity index (χ1v) is 5.53. The lowest BCUT2D eigenvalue weighted by Crippen LogP contribution is -2.08. The van der Waals surface area contributed by atoms with Crippen molar-refractivity contribution in [1.29, 1.82) is 0 Å². The molecule has 0 bridgehead atoms. The van der Waals surface area contributed by atoms with E-state index in [9.17, 15) is 5.11 Å². The van der Waals surface area contributed by atoms with E-state index in [-0.39, 0.29) is 0 Å². The summed E-state index contributed by atoms with van der Waals surface area (Å²) in [5.74, 6) is 0.452. The van der Waals surface area contributed by atoms with Gasteiger partial charge >= 0.3 is 0 Å². The number of hydrogen-bond donors (Lipinski definition) is 1. The van der Waals surface area contributed by atoms with Crippen LogP contribution in [0.1, 0.15) is 31.7 Å². The van der Waals surface area contributed by atoms with E-state index >= 15 is 0 Å². The highest BCUT2D eigenvalue weighted by Crippen LogP contribution is 2.54. The van der Waals surface area contributed by atoms with Crippen molar-refractivity contribution in [3.8, 4) is 0 Å². The largest absolute Gasteiger partial charge is 0.385 e. The Balaban J connectivity index is 2.13. The van der Waals surface area contributed by atoms with E-state index in [1.54, 1.807) is 0 Å². The summed E-state index contributed by atoms with van der Waals surface area (Å²) in [5, 5.41) is 11.0. The summed E-state index contributed by atoms with van der Waals surface area (Å²) in [6, 6.07) is 7.54. The smallest absolute Gasteiger partial charge is 0.0929 e. The van der Waals surface area contributed by atoms with Gasteiger partial charge in [-0.1, -0.05) is 37.1 Å². The third-order valence-electron chi connectivity index (χ3n) is 3.05. The van der Waals surface area contributed by atoms with Gasteiger partial charge in [-0.05, 0) is 36.5 Å². The third kappa shape index (κ3) is 1.67. The van der Waals surface area contributed by atoms with Gasteiger partial charge in [-0.2, -0.15) is 0 Å². The highest BCUT2D eigenvalue weighted by molar-refractivity contribution is 6.30. The minimum Gasteiger partial charge on any atom is -0.385 e. The van der Waals surface area contributed by atoms with E-state index in [0.717, 1.165) is 29.8 Å². The number of rotatable bonds is 3. The van der Waals surface area contributed by atoms with Gasteiger partial charge in [0, 0.05) is 5.02 Å². The molecular weight excluding hydrogens is 196 g/mol. The first-order chi connectivity index (χ1) is 6.66. The maximum absolute atomic E-state index is 10.2. The van der Waals surface area contributed by atoms with Crippen LogP contribution in [0.3, 0.4) is 0 Å². The van der Waals surface area contributed by atoms with Gasteiger partial charge in [-0.3, -0.25) is 0 Å². The fourth-order valence-corrected chi connectivity index (χ4v) is 2.22. The highest BCUT2D eigenvalue weighted by Gasteiger charge is 2.52. The van der Waals surface area contributed by atoms with Crippen molar-refractivity contribution in [3.05, 3.63) is 34.9 Å². The Morgan fingerprint density at radius 1 is 1.43 bits per heavy atom. The van der Waals surface area contributed by atoms with Gasteiger partial charge in [-0.15, -0.1) is 0 Å². The van der Waals surface area contributed by atoms with Crippen LogP contribution in [0.4, 0.5) is 0 Å². The fraction of sp³-hybridized carbons (Fsp3) is 0.500. The molecule has 1 aromatic rings. The second kappa shape index (κ2) is 3.56. The number of aliphatic hydroxyl groups is 1. The number of hydrogen-bond acceptors (Lipinski definition) is 1. The van der Waals surface area contributed by atoms with Gasteiger partial charge in [0.05, 0.1) is 5.60 Å². The van der Waals surface area contributed by atoms with E-state index in [1.165, 1.54) is 0 Å². The Hall–Kier alpha value is -0.530. The van der Waals surface area contributed by atoms with Crippen LogP contribution in [0.15, 0.2) is 24.3 Å². The zero-order chi connectivity index (χ0) is 10.2. The molecule has 1 fully saturated rings. The van der Waals surface area contributed by atoms with Crippen LogP contribution in [0, 0.1) is 5.92 Å². The van der Waals surface area contributed by atoms with Crippen molar-refractivity contribution >= 4 is 11.6 Å². The van der Waals surface area contributed by atoms with Gasteiger partial charge in [-0.25, -0.2) is 0 Å². The first kappa shape index (κ1) is 10.0. The lowest BCUT2D eigenvalue weighted by molar-refractivity contribution is 0.129. The van der Waals surface area contributed by atoms with Gasteiger partial charge in [0.2, 0.25) is 0 Å². The second-order valence-electron chi connectivity index (χ2n) is 4.12. The normalized spacial score (nSPS) is 30.4. The van der Waals surface area contributed by atoms with Crippen molar-refractivity contribution in [1.82, 2.24) is 0 Å². The second-order valence-corrected chi connectivity index (χ2v) is 4.56. The van der Waals surface area contributed by atoms with Crippen molar-refractivity contribution < 1.29 is 5.11 Å². The molecule has 14 heavy (non-hydrogen) atoms. The molecule has 1 saturated carbocycles. The Bertz CT molecular complexity index is 320. The molecule has 2 rings (SSSR count). The average Bonchev–Trinajstić information content (AvgIpc) is 2.80. The predicted molar refractivity (Wildman–Crippen MR) is 58.4 cm³/mol. The molecule has 0 aliphatic heterocycles.